The van der Waals surface area contributed by atoms with E-state index in [4.69, 9.17) is 16.0 Å². The van der Waals surface area contributed by atoms with Gasteiger partial charge in [-0.3, -0.25) is 0 Å². The van der Waals surface area contributed by atoms with Gasteiger partial charge in [-0.05, 0) is 19.1 Å². The Balaban J connectivity index is 2.31. The number of hydrogen-bond donors (Lipinski definition) is 0. The van der Waals surface area contributed by atoms with Crippen molar-refractivity contribution in [2.45, 2.75) is 19.8 Å². The number of hydrogen-bond acceptors (Lipinski definition) is 2. The second-order valence-corrected chi connectivity index (χ2v) is 3.98. The summed E-state index contributed by atoms with van der Waals surface area (Å²) >= 11 is 5.97. The van der Waals surface area contributed by atoms with Crippen molar-refractivity contribution in [3.8, 4) is 0 Å². The minimum absolute atomic E-state index is 0.168. The van der Waals surface area contributed by atoms with Crippen molar-refractivity contribution in [3.63, 3.8) is 0 Å². The van der Waals surface area contributed by atoms with E-state index in [0.717, 1.165) is 11.1 Å². The molecule has 15 heavy (non-hydrogen) atoms. The van der Waals surface area contributed by atoms with E-state index < -0.39 is 0 Å². The Hall–Kier alpha value is -1.28. The highest BCUT2D eigenvalue weighted by atomic mass is 35.5. The van der Waals surface area contributed by atoms with E-state index in [-0.39, 0.29) is 5.78 Å². The van der Waals surface area contributed by atoms with Crippen LogP contribution in [0, 0.1) is 0 Å². The average Bonchev–Trinajstić information content (AvgIpc) is 2.59. The molecule has 2 nitrogen and oxygen atoms in total. The van der Waals surface area contributed by atoms with Crippen LogP contribution in [-0.4, -0.2) is 5.78 Å². The normalized spacial score (nSPS) is 10.8. The summed E-state index contributed by atoms with van der Waals surface area (Å²) in [5, 5.41) is 1.60. The molecule has 3 heteroatoms. The lowest BCUT2D eigenvalue weighted by atomic mass is 10.2. The number of fused-ring (bicyclic) bond motifs is 1. The predicted molar refractivity (Wildman–Crippen MR) is 60.2 cm³/mol. The molecule has 0 saturated heterocycles. The highest BCUT2D eigenvalue weighted by Gasteiger charge is 2.07. The Morgan fingerprint density at radius 1 is 1.47 bits per heavy atom. The van der Waals surface area contributed by atoms with Crippen LogP contribution in [0.1, 0.15) is 19.1 Å². The Morgan fingerprint density at radius 3 is 2.93 bits per heavy atom. The third kappa shape index (κ3) is 2.21. The first-order chi connectivity index (χ1) is 7.16. The number of para-hydroxylation sites is 1. The van der Waals surface area contributed by atoms with Crippen molar-refractivity contribution in [2.75, 3.05) is 0 Å². The smallest absolute Gasteiger partial charge is 0.152 e. The standard InChI is InChI=1S/C12H11ClO2/c1-8(14)5-6-10-7-9-3-2-4-11(13)12(9)15-10/h2-4,7H,5-6H2,1H3. The van der Waals surface area contributed by atoms with Crippen molar-refractivity contribution in [3.05, 3.63) is 35.0 Å². The summed E-state index contributed by atoms with van der Waals surface area (Å²) < 4.78 is 5.57. The van der Waals surface area contributed by atoms with Crippen LogP contribution in [0.3, 0.4) is 0 Å². The number of furan rings is 1. The molecule has 0 radical (unpaired) electrons. The summed E-state index contributed by atoms with van der Waals surface area (Å²) in [6.45, 7) is 1.58. The van der Waals surface area contributed by atoms with Gasteiger partial charge in [-0.1, -0.05) is 23.7 Å². The minimum atomic E-state index is 0.168. The topological polar surface area (TPSA) is 30.2 Å². The van der Waals surface area contributed by atoms with Crippen LogP contribution in [-0.2, 0) is 11.2 Å². The number of ketones is 1. The molecule has 0 spiro atoms. The molecular formula is C12H11ClO2. The molecule has 1 aromatic heterocycles. The first-order valence-electron chi connectivity index (χ1n) is 4.83. The van der Waals surface area contributed by atoms with Crippen LogP contribution < -0.4 is 0 Å². The molecule has 2 rings (SSSR count). The van der Waals surface area contributed by atoms with Crippen LogP contribution in [0.2, 0.25) is 5.02 Å². The maximum Gasteiger partial charge on any atom is 0.152 e. The molecule has 1 heterocycles. The number of aryl methyl sites for hydroxylation is 1. The Labute approximate surface area is 92.8 Å². The fraction of sp³-hybridized carbons (Fsp3) is 0.250. The highest BCUT2D eigenvalue weighted by molar-refractivity contribution is 6.34. The molecule has 0 aliphatic heterocycles. The van der Waals surface area contributed by atoms with Gasteiger partial charge in [0.25, 0.3) is 0 Å². The summed E-state index contributed by atoms with van der Waals surface area (Å²) in [7, 11) is 0. The van der Waals surface area contributed by atoms with E-state index in [1.807, 2.05) is 18.2 Å². The van der Waals surface area contributed by atoms with Crippen LogP contribution in [0.4, 0.5) is 0 Å². The summed E-state index contributed by atoms with van der Waals surface area (Å²) in [6.07, 6.45) is 1.15. The molecule has 0 fully saturated rings. The van der Waals surface area contributed by atoms with E-state index in [1.165, 1.54) is 0 Å². The highest BCUT2D eigenvalue weighted by Crippen LogP contribution is 2.26. The van der Waals surface area contributed by atoms with Crippen molar-refractivity contribution < 1.29 is 9.21 Å². The summed E-state index contributed by atoms with van der Waals surface area (Å²) in [5.41, 5.74) is 0.706. The second kappa shape index (κ2) is 4.07. The van der Waals surface area contributed by atoms with Crippen molar-refractivity contribution in [2.24, 2.45) is 0 Å². The number of rotatable bonds is 3. The molecule has 0 aliphatic carbocycles. The molecule has 78 valence electrons. The van der Waals surface area contributed by atoms with Crippen LogP contribution in [0.15, 0.2) is 28.7 Å². The van der Waals surface area contributed by atoms with Gasteiger partial charge in [-0.25, -0.2) is 0 Å². The monoisotopic (exact) mass is 222 g/mol. The molecule has 0 bridgehead atoms. The molecule has 0 aliphatic rings. The number of Topliss-reactive ketones (excluding diaryl/α,β-unsaturated/α-hetero) is 1. The molecule has 0 amide bonds. The maximum absolute atomic E-state index is 10.8. The number of carbonyl (C=O) groups excluding carboxylic acids is 1. The van der Waals surface area contributed by atoms with E-state index >= 15 is 0 Å². The predicted octanol–water partition coefficient (Wildman–Crippen LogP) is 3.61. The van der Waals surface area contributed by atoms with E-state index in [2.05, 4.69) is 0 Å². The van der Waals surface area contributed by atoms with Gasteiger partial charge in [0.15, 0.2) is 5.58 Å². The Bertz CT molecular complexity index is 499. The summed E-state index contributed by atoms with van der Waals surface area (Å²) in [4.78, 5) is 10.8. The lowest BCUT2D eigenvalue weighted by molar-refractivity contribution is -0.117. The molecule has 1 aromatic carbocycles. The van der Waals surface area contributed by atoms with Gasteiger partial charge in [-0.15, -0.1) is 0 Å². The molecular weight excluding hydrogens is 212 g/mol. The van der Waals surface area contributed by atoms with Gasteiger partial charge in [-0.2, -0.15) is 0 Å². The Morgan fingerprint density at radius 2 is 2.27 bits per heavy atom. The SMILES string of the molecule is CC(=O)CCc1cc2cccc(Cl)c2o1. The summed E-state index contributed by atoms with van der Waals surface area (Å²) in [6, 6.07) is 7.56. The molecule has 0 atom stereocenters. The fourth-order valence-electron chi connectivity index (χ4n) is 1.50. The van der Waals surface area contributed by atoms with Gasteiger partial charge in [0.1, 0.15) is 11.5 Å². The minimum Gasteiger partial charge on any atom is -0.459 e. The maximum atomic E-state index is 10.8. The van der Waals surface area contributed by atoms with E-state index in [0.29, 0.717) is 23.4 Å². The van der Waals surface area contributed by atoms with Crippen molar-refractivity contribution >= 4 is 28.4 Å². The zero-order chi connectivity index (χ0) is 10.8. The summed E-state index contributed by atoms with van der Waals surface area (Å²) in [5.74, 6) is 0.981. The molecule has 0 N–H and O–H groups in total. The first kappa shape index (κ1) is 10.2. The van der Waals surface area contributed by atoms with Gasteiger partial charge in [0, 0.05) is 18.2 Å². The number of carbonyl (C=O) groups is 1. The largest absolute Gasteiger partial charge is 0.459 e. The van der Waals surface area contributed by atoms with Crippen molar-refractivity contribution in [1.82, 2.24) is 0 Å². The Kier molecular flexibility index (Phi) is 2.78. The van der Waals surface area contributed by atoms with Gasteiger partial charge >= 0.3 is 0 Å². The molecule has 0 unspecified atom stereocenters. The van der Waals surface area contributed by atoms with Gasteiger partial charge in [0.05, 0.1) is 5.02 Å². The fourth-order valence-corrected chi connectivity index (χ4v) is 1.72. The van der Waals surface area contributed by atoms with E-state index in [1.54, 1.807) is 13.0 Å². The third-order valence-corrected chi connectivity index (χ3v) is 2.57. The zero-order valence-electron chi connectivity index (χ0n) is 8.42. The van der Waals surface area contributed by atoms with Gasteiger partial charge < -0.3 is 9.21 Å². The zero-order valence-corrected chi connectivity index (χ0v) is 9.17. The third-order valence-electron chi connectivity index (χ3n) is 2.27. The van der Waals surface area contributed by atoms with E-state index in [9.17, 15) is 4.79 Å². The van der Waals surface area contributed by atoms with Crippen LogP contribution >= 0.6 is 11.6 Å². The molecule has 2 aromatic rings. The van der Waals surface area contributed by atoms with Crippen molar-refractivity contribution in [1.29, 1.82) is 0 Å². The van der Waals surface area contributed by atoms with Crippen LogP contribution in [0.25, 0.3) is 11.0 Å². The van der Waals surface area contributed by atoms with Crippen LogP contribution in [0.5, 0.6) is 0 Å². The lowest BCUT2D eigenvalue weighted by Crippen LogP contribution is -1.91. The number of benzene rings is 1. The lowest BCUT2D eigenvalue weighted by Gasteiger charge is -1.92. The van der Waals surface area contributed by atoms with Gasteiger partial charge in [0.2, 0.25) is 0 Å². The average molecular weight is 223 g/mol. The number of halogens is 1. The second-order valence-electron chi connectivity index (χ2n) is 3.57. The first-order valence-corrected chi connectivity index (χ1v) is 5.21. The molecule has 0 saturated carbocycles. The quantitative estimate of drug-likeness (QED) is 0.794.